The third-order valence-corrected chi connectivity index (χ3v) is 5.96. The lowest BCUT2D eigenvalue weighted by Gasteiger charge is -2.17. The Balaban J connectivity index is 1.51. The van der Waals surface area contributed by atoms with Crippen LogP contribution >= 0.6 is 0 Å². The lowest BCUT2D eigenvalue weighted by molar-refractivity contribution is -0.137. The SMILES string of the molecule is CCCCCOc1ccccc1Nc1nc(Nc2ccc(OC3CCCC3)cc2)ncc1C(F)(F)F. The van der Waals surface area contributed by atoms with Gasteiger partial charge in [0.1, 0.15) is 22.9 Å². The zero-order valence-electron chi connectivity index (χ0n) is 20.3. The van der Waals surface area contributed by atoms with Crippen molar-refractivity contribution in [2.45, 2.75) is 64.1 Å². The maximum atomic E-state index is 13.7. The molecule has 4 rings (SSSR count). The Hall–Kier alpha value is -3.49. The Morgan fingerprint density at radius 1 is 0.972 bits per heavy atom. The first-order chi connectivity index (χ1) is 17.4. The number of nitrogens with one attached hydrogen (secondary N) is 2. The molecule has 192 valence electrons. The molecule has 0 radical (unpaired) electrons. The Morgan fingerprint density at radius 2 is 1.72 bits per heavy atom. The van der Waals surface area contributed by atoms with Crippen molar-refractivity contribution in [1.29, 1.82) is 0 Å². The molecule has 0 aliphatic heterocycles. The van der Waals surface area contributed by atoms with Gasteiger partial charge in [0.05, 0.1) is 18.4 Å². The van der Waals surface area contributed by atoms with Gasteiger partial charge in [-0.25, -0.2) is 4.98 Å². The average Bonchev–Trinajstić information content (AvgIpc) is 3.37. The quantitative estimate of drug-likeness (QED) is 0.261. The van der Waals surface area contributed by atoms with Gasteiger partial charge >= 0.3 is 6.18 Å². The largest absolute Gasteiger partial charge is 0.491 e. The van der Waals surface area contributed by atoms with E-state index in [0.717, 1.165) is 44.1 Å². The molecule has 2 aromatic carbocycles. The first-order valence-corrected chi connectivity index (χ1v) is 12.4. The topological polar surface area (TPSA) is 68.3 Å². The molecule has 1 aliphatic carbocycles. The molecule has 0 saturated heterocycles. The fourth-order valence-corrected chi connectivity index (χ4v) is 4.05. The van der Waals surface area contributed by atoms with Gasteiger partial charge in [-0.15, -0.1) is 0 Å². The van der Waals surface area contributed by atoms with Gasteiger partial charge in [0.15, 0.2) is 0 Å². The van der Waals surface area contributed by atoms with E-state index in [1.54, 1.807) is 36.4 Å². The zero-order valence-corrected chi connectivity index (χ0v) is 20.3. The minimum absolute atomic E-state index is 0.0382. The van der Waals surface area contributed by atoms with Crippen LogP contribution in [0.4, 0.5) is 36.3 Å². The number of anilines is 4. The van der Waals surface area contributed by atoms with Crippen LogP contribution < -0.4 is 20.1 Å². The molecule has 1 saturated carbocycles. The lowest BCUT2D eigenvalue weighted by Crippen LogP contribution is -2.13. The number of alkyl halides is 3. The van der Waals surface area contributed by atoms with Crippen LogP contribution in [0.25, 0.3) is 0 Å². The lowest BCUT2D eigenvalue weighted by atomic mass is 10.2. The van der Waals surface area contributed by atoms with Gasteiger partial charge in [-0.05, 0) is 68.5 Å². The minimum Gasteiger partial charge on any atom is -0.491 e. The smallest absolute Gasteiger partial charge is 0.421 e. The van der Waals surface area contributed by atoms with E-state index in [2.05, 4.69) is 27.5 Å². The van der Waals surface area contributed by atoms with Crippen LogP contribution in [0.5, 0.6) is 11.5 Å². The van der Waals surface area contributed by atoms with Crippen molar-refractivity contribution in [3.63, 3.8) is 0 Å². The van der Waals surface area contributed by atoms with E-state index in [1.165, 1.54) is 12.8 Å². The van der Waals surface area contributed by atoms with Gasteiger partial charge in [0, 0.05) is 11.9 Å². The second kappa shape index (κ2) is 12.0. The summed E-state index contributed by atoms with van der Waals surface area (Å²) in [5.41, 5.74) is 0.0749. The first-order valence-electron chi connectivity index (χ1n) is 12.4. The highest BCUT2D eigenvalue weighted by Gasteiger charge is 2.35. The number of hydrogen-bond acceptors (Lipinski definition) is 6. The minimum atomic E-state index is -4.63. The molecule has 1 fully saturated rings. The molecule has 0 unspecified atom stereocenters. The Morgan fingerprint density at radius 3 is 2.44 bits per heavy atom. The molecule has 0 atom stereocenters. The fourth-order valence-electron chi connectivity index (χ4n) is 4.05. The molecule has 36 heavy (non-hydrogen) atoms. The highest BCUT2D eigenvalue weighted by molar-refractivity contribution is 5.67. The summed E-state index contributed by atoms with van der Waals surface area (Å²) in [5, 5.41) is 5.78. The summed E-state index contributed by atoms with van der Waals surface area (Å²) in [4.78, 5) is 8.04. The van der Waals surface area contributed by atoms with E-state index in [4.69, 9.17) is 9.47 Å². The van der Waals surface area contributed by atoms with E-state index in [0.29, 0.717) is 23.7 Å². The number of para-hydroxylation sites is 2. The number of hydrogen-bond donors (Lipinski definition) is 2. The van der Waals surface area contributed by atoms with Crippen molar-refractivity contribution in [2.75, 3.05) is 17.2 Å². The van der Waals surface area contributed by atoms with E-state index in [1.807, 2.05) is 12.1 Å². The third-order valence-electron chi connectivity index (χ3n) is 5.96. The fraction of sp³-hybridized carbons (Fsp3) is 0.407. The second-order valence-corrected chi connectivity index (χ2v) is 8.80. The van der Waals surface area contributed by atoms with Crippen LogP contribution in [0, 0.1) is 0 Å². The summed E-state index contributed by atoms with van der Waals surface area (Å²) in [6, 6.07) is 14.1. The van der Waals surface area contributed by atoms with Gasteiger partial charge < -0.3 is 20.1 Å². The van der Waals surface area contributed by atoms with Gasteiger partial charge in [-0.1, -0.05) is 31.9 Å². The molecule has 6 nitrogen and oxygen atoms in total. The Kier molecular flexibility index (Phi) is 8.51. The predicted octanol–water partition coefficient (Wildman–Crippen LogP) is 7.87. The third kappa shape index (κ3) is 7.02. The second-order valence-electron chi connectivity index (χ2n) is 8.80. The number of halogens is 3. The summed E-state index contributed by atoms with van der Waals surface area (Å²) < 4.78 is 52.9. The van der Waals surface area contributed by atoms with Gasteiger partial charge in [-0.3, -0.25) is 0 Å². The number of nitrogens with zero attached hydrogens (tertiary/aromatic N) is 2. The van der Waals surface area contributed by atoms with Gasteiger partial charge in [0.25, 0.3) is 0 Å². The van der Waals surface area contributed by atoms with Crippen LogP contribution in [-0.4, -0.2) is 22.7 Å². The van der Waals surface area contributed by atoms with Crippen LogP contribution in [0.3, 0.4) is 0 Å². The summed E-state index contributed by atoms with van der Waals surface area (Å²) in [6.45, 7) is 2.57. The highest BCUT2D eigenvalue weighted by Crippen LogP contribution is 2.37. The molecule has 0 bridgehead atoms. The molecular weight excluding hydrogens is 469 g/mol. The van der Waals surface area contributed by atoms with Crippen LogP contribution in [0.15, 0.2) is 54.7 Å². The standard InChI is InChI=1S/C27H31F3N4O2/c1-2-3-8-17-35-24-12-7-6-11-23(24)33-25-22(27(28,29)30)18-31-26(34-25)32-19-13-15-21(16-14-19)36-20-9-4-5-10-20/h6-7,11-16,18,20H,2-5,8-10,17H2,1H3,(H2,31,32,33,34). The molecule has 0 spiro atoms. The van der Waals surface area contributed by atoms with Crippen LogP contribution in [0.2, 0.25) is 0 Å². The maximum Gasteiger partial charge on any atom is 0.421 e. The number of benzene rings is 2. The van der Waals surface area contributed by atoms with Crippen molar-refractivity contribution in [2.24, 2.45) is 0 Å². The Labute approximate surface area is 209 Å². The molecule has 1 heterocycles. The van der Waals surface area contributed by atoms with E-state index in [9.17, 15) is 13.2 Å². The first kappa shape index (κ1) is 25.6. The Bertz CT molecular complexity index is 1120. The number of rotatable bonds is 11. The van der Waals surface area contributed by atoms with Crippen LogP contribution in [0.1, 0.15) is 57.4 Å². The summed E-state index contributed by atoms with van der Waals surface area (Å²) in [6.07, 6.45) is 3.80. The van der Waals surface area contributed by atoms with Crippen molar-refractivity contribution in [3.05, 3.63) is 60.3 Å². The molecule has 3 aromatic rings. The summed E-state index contributed by atoms with van der Waals surface area (Å²) in [7, 11) is 0. The molecule has 0 amide bonds. The molecule has 9 heteroatoms. The van der Waals surface area contributed by atoms with E-state index < -0.39 is 11.7 Å². The van der Waals surface area contributed by atoms with Crippen molar-refractivity contribution >= 4 is 23.1 Å². The van der Waals surface area contributed by atoms with Crippen molar-refractivity contribution < 1.29 is 22.6 Å². The van der Waals surface area contributed by atoms with Crippen molar-refractivity contribution in [3.8, 4) is 11.5 Å². The van der Waals surface area contributed by atoms with E-state index >= 15 is 0 Å². The summed E-state index contributed by atoms with van der Waals surface area (Å²) in [5.74, 6) is 0.911. The molecular formula is C27H31F3N4O2. The molecule has 2 N–H and O–H groups in total. The molecule has 1 aromatic heterocycles. The predicted molar refractivity (Wildman–Crippen MR) is 134 cm³/mol. The number of ether oxygens (including phenoxy) is 2. The van der Waals surface area contributed by atoms with Crippen molar-refractivity contribution in [1.82, 2.24) is 9.97 Å². The number of unbranched alkanes of at least 4 members (excludes halogenated alkanes) is 2. The zero-order chi connectivity index (χ0) is 25.4. The molecule has 1 aliphatic rings. The number of aromatic nitrogens is 2. The van der Waals surface area contributed by atoms with Gasteiger partial charge in [0.2, 0.25) is 5.95 Å². The highest BCUT2D eigenvalue weighted by atomic mass is 19.4. The average molecular weight is 501 g/mol. The van der Waals surface area contributed by atoms with E-state index in [-0.39, 0.29) is 17.9 Å². The van der Waals surface area contributed by atoms with Crippen LogP contribution in [-0.2, 0) is 6.18 Å². The monoisotopic (exact) mass is 500 g/mol. The summed E-state index contributed by atoms with van der Waals surface area (Å²) >= 11 is 0. The van der Waals surface area contributed by atoms with Gasteiger partial charge in [-0.2, -0.15) is 18.2 Å². The normalized spacial score (nSPS) is 14.0. The maximum absolute atomic E-state index is 13.7.